The third-order valence-electron chi connectivity index (χ3n) is 4.24. The first-order valence-electron chi connectivity index (χ1n) is 6.89. The average molecular weight is 231 g/mol. The van der Waals surface area contributed by atoms with E-state index in [0.717, 1.165) is 19.4 Å². The number of hydrogen-bond acceptors (Lipinski definition) is 2. The molecule has 92 valence electrons. The van der Waals surface area contributed by atoms with E-state index in [-0.39, 0.29) is 6.10 Å². The highest BCUT2D eigenvalue weighted by atomic mass is 16.3. The highest BCUT2D eigenvalue weighted by molar-refractivity contribution is 5.56. The van der Waals surface area contributed by atoms with Gasteiger partial charge in [0.1, 0.15) is 0 Å². The van der Waals surface area contributed by atoms with Crippen LogP contribution in [0.5, 0.6) is 0 Å². The summed E-state index contributed by atoms with van der Waals surface area (Å²) in [6.45, 7) is 1.11. The van der Waals surface area contributed by atoms with Crippen molar-refractivity contribution in [3.8, 4) is 0 Å². The van der Waals surface area contributed by atoms with Crippen LogP contribution in [0.2, 0.25) is 0 Å². The van der Waals surface area contributed by atoms with Gasteiger partial charge >= 0.3 is 0 Å². The molecule has 1 N–H and O–H groups in total. The summed E-state index contributed by atoms with van der Waals surface area (Å²) in [4.78, 5) is 2.46. The van der Waals surface area contributed by atoms with E-state index in [9.17, 15) is 5.11 Å². The van der Waals surface area contributed by atoms with Gasteiger partial charge in [-0.25, -0.2) is 0 Å². The molecule has 1 aliphatic heterocycles. The molecule has 0 bridgehead atoms. The van der Waals surface area contributed by atoms with E-state index in [1.807, 2.05) is 0 Å². The zero-order chi connectivity index (χ0) is 11.7. The van der Waals surface area contributed by atoms with Crippen LogP contribution in [0.4, 0.5) is 5.69 Å². The Morgan fingerprint density at radius 2 is 1.88 bits per heavy atom. The molecule has 2 nitrogen and oxygen atoms in total. The number of rotatable bonds is 1. The van der Waals surface area contributed by atoms with Crippen LogP contribution < -0.4 is 4.90 Å². The maximum absolute atomic E-state index is 10.2. The van der Waals surface area contributed by atoms with Gasteiger partial charge in [-0.1, -0.05) is 31.0 Å². The van der Waals surface area contributed by atoms with E-state index in [1.165, 1.54) is 36.9 Å². The van der Waals surface area contributed by atoms with Crippen molar-refractivity contribution in [2.75, 3.05) is 11.4 Å². The van der Waals surface area contributed by atoms with Gasteiger partial charge in [0.25, 0.3) is 0 Å². The fourth-order valence-corrected chi connectivity index (χ4v) is 3.36. The number of para-hydroxylation sites is 1. The lowest BCUT2D eigenvalue weighted by molar-refractivity contribution is 0.103. The Morgan fingerprint density at radius 1 is 1.06 bits per heavy atom. The molecular formula is C15H21NO. The Labute approximate surface area is 103 Å². The summed E-state index contributed by atoms with van der Waals surface area (Å²) in [7, 11) is 0. The molecule has 2 aliphatic rings. The first kappa shape index (κ1) is 11.1. The molecule has 2 heteroatoms. The topological polar surface area (TPSA) is 23.5 Å². The summed E-state index contributed by atoms with van der Waals surface area (Å²) in [5.41, 5.74) is 2.82. The molecule has 1 aliphatic carbocycles. The maximum atomic E-state index is 10.2. The van der Waals surface area contributed by atoms with Crippen molar-refractivity contribution in [3.63, 3.8) is 0 Å². The summed E-state index contributed by atoms with van der Waals surface area (Å²) in [6, 6.07) is 9.05. The molecule has 0 unspecified atom stereocenters. The van der Waals surface area contributed by atoms with Gasteiger partial charge < -0.3 is 10.0 Å². The Kier molecular flexibility index (Phi) is 3.06. The first-order valence-corrected chi connectivity index (χ1v) is 6.89. The monoisotopic (exact) mass is 231 g/mol. The van der Waals surface area contributed by atoms with Crippen molar-refractivity contribution < 1.29 is 5.11 Å². The predicted molar refractivity (Wildman–Crippen MR) is 70.4 cm³/mol. The Morgan fingerprint density at radius 3 is 2.76 bits per heavy atom. The predicted octanol–water partition coefficient (Wildman–Crippen LogP) is 2.74. The number of aliphatic hydroxyl groups excluding tert-OH is 1. The summed E-state index contributed by atoms with van der Waals surface area (Å²) in [5.74, 6) is 0. The lowest BCUT2D eigenvalue weighted by atomic mass is 9.89. The quantitative estimate of drug-likeness (QED) is 0.803. The van der Waals surface area contributed by atoms with Crippen LogP contribution in [-0.4, -0.2) is 23.8 Å². The second kappa shape index (κ2) is 4.69. The average Bonchev–Trinajstić information content (AvgIpc) is 2.39. The zero-order valence-corrected chi connectivity index (χ0v) is 10.3. The highest BCUT2D eigenvalue weighted by Crippen LogP contribution is 2.33. The smallest absolute Gasteiger partial charge is 0.0743 e. The fourth-order valence-electron chi connectivity index (χ4n) is 3.36. The molecule has 1 heterocycles. The number of anilines is 1. The van der Waals surface area contributed by atoms with Gasteiger partial charge in [0.15, 0.2) is 0 Å². The minimum atomic E-state index is -0.130. The Bertz CT molecular complexity index is 390. The van der Waals surface area contributed by atoms with Crippen LogP contribution in [-0.2, 0) is 6.42 Å². The fraction of sp³-hybridized carbons (Fsp3) is 0.600. The number of fused-ring (bicyclic) bond motifs is 1. The third-order valence-corrected chi connectivity index (χ3v) is 4.24. The summed E-state index contributed by atoms with van der Waals surface area (Å²) < 4.78 is 0. The van der Waals surface area contributed by atoms with Crippen LogP contribution in [0.1, 0.15) is 37.7 Å². The van der Waals surface area contributed by atoms with E-state index in [0.29, 0.717) is 6.04 Å². The zero-order valence-electron chi connectivity index (χ0n) is 10.3. The normalized spacial score (nSPS) is 28.9. The van der Waals surface area contributed by atoms with Gasteiger partial charge in [0.05, 0.1) is 12.1 Å². The molecule has 1 saturated carbocycles. The number of aryl methyl sites for hydroxylation is 1. The number of hydrogen-bond donors (Lipinski definition) is 1. The Balaban J connectivity index is 1.89. The SMILES string of the molecule is O[C@@H]1CCCC[C@H]1N1CCCc2ccccc21. The van der Waals surface area contributed by atoms with Crippen molar-refractivity contribution in [1.82, 2.24) is 0 Å². The van der Waals surface area contributed by atoms with Gasteiger partial charge in [0.2, 0.25) is 0 Å². The molecule has 0 spiro atoms. The molecule has 0 radical (unpaired) electrons. The summed E-state index contributed by atoms with van der Waals surface area (Å²) >= 11 is 0. The maximum Gasteiger partial charge on any atom is 0.0743 e. The van der Waals surface area contributed by atoms with Crippen LogP contribution in [0, 0.1) is 0 Å². The van der Waals surface area contributed by atoms with Crippen molar-refractivity contribution >= 4 is 5.69 Å². The van der Waals surface area contributed by atoms with Crippen LogP contribution in [0.3, 0.4) is 0 Å². The van der Waals surface area contributed by atoms with E-state index >= 15 is 0 Å². The van der Waals surface area contributed by atoms with Gasteiger partial charge in [-0.3, -0.25) is 0 Å². The molecule has 17 heavy (non-hydrogen) atoms. The van der Waals surface area contributed by atoms with Crippen LogP contribution >= 0.6 is 0 Å². The molecule has 1 aromatic carbocycles. The molecule has 0 aromatic heterocycles. The van der Waals surface area contributed by atoms with Gasteiger partial charge in [-0.05, 0) is 37.3 Å². The first-order chi connectivity index (χ1) is 8.36. The van der Waals surface area contributed by atoms with Gasteiger partial charge in [-0.15, -0.1) is 0 Å². The molecule has 2 atom stereocenters. The van der Waals surface area contributed by atoms with Crippen molar-refractivity contribution in [3.05, 3.63) is 29.8 Å². The minimum Gasteiger partial charge on any atom is -0.391 e. The summed E-state index contributed by atoms with van der Waals surface area (Å²) in [6.07, 6.45) is 6.86. The lowest BCUT2D eigenvalue weighted by Gasteiger charge is -2.42. The van der Waals surface area contributed by atoms with Crippen LogP contribution in [0.15, 0.2) is 24.3 Å². The van der Waals surface area contributed by atoms with E-state index in [2.05, 4.69) is 29.2 Å². The molecule has 3 rings (SSSR count). The highest BCUT2D eigenvalue weighted by Gasteiger charge is 2.31. The molecule has 0 amide bonds. The number of benzene rings is 1. The van der Waals surface area contributed by atoms with E-state index < -0.39 is 0 Å². The molecular weight excluding hydrogens is 210 g/mol. The van der Waals surface area contributed by atoms with Gasteiger partial charge in [0, 0.05) is 12.2 Å². The van der Waals surface area contributed by atoms with Crippen molar-refractivity contribution in [1.29, 1.82) is 0 Å². The summed E-state index contributed by atoms with van der Waals surface area (Å²) in [5, 5.41) is 10.2. The van der Waals surface area contributed by atoms with E-state index in [4.69, 9.17) is 0 Å². The lowest BCUT2D eigenvalue weighted by Crippen LogP contribution is -2.47. The molecule has 1 aromatic rings. The standard InChI is InChI=1S/C15H21NO/c17-15-10-4-3-9-14(15)16-11-5-7-12-6-1-2-8-13(12)16/h1-2,6,8,14-15,17H,3-5,7,9-11H2/t14-,15-/m1/s1. The molecule has 1 fully saturated rings. The number of aliphatic hydroxyl groups is 1. The second-order valence-electron chi connectivity index (χ2n) is 5.34. The molecule has 0 saturated heterocycles. The number of nitrogens with zero attached hydrogens (tertiary/aromatic N) is 1. The largest absolute Gasteiger partial charge is 0.391 e. The minimum absolute atomic E-state index is 0.130. The van der Waals surface area contributed by atoms with Crippen molar-refractivity contribution in [2.24, 2.45) is 0 Å². The second-order valence-corrected chi connectivity index (χ2v) is 5.34. The van der Waals surface area contributed by atoms with Crippen molar-refractivity contribution in [2.45, 2.75) is 50.7 Å². The van der Waals surface area contributed by atoms with E-state index in [1.54, 1.807) is 0 Å². The van der Waals surface area contributed by atoms with Crippen LogP contribution in [0.25, 0.3) is 0 Å². The van der Waals surface area contributed by atoms with Gasteiger partial charge in [-0.2, -0.15) is 0 Å². The third kappa shape index (κ3) is 2.06. The Hall–Kier alpha value is -1.02.